The predicted octanol–water partition coefficient (Wildman–Crippen LogP) is 3.29. The van der Waals surface area contributed by atoms with E-state index < -0.39 is 0 Å². The van der Waals surface area contributed by atoms with Crippen molar-refractivity contribution in [3.8, 4) is 0 Å². The minimum Gasteiger partial charge on any atom is -0.398 e. The van der Waals surface area contributed by atoms with Gasteiger partial charge in [0.15, 0.2) is 0 Å². The first-order valence-corrected chi connectivity index (χ1v) is 8.96. The van der Waals surface area contributed by atoms with Crippen molar-refractivity contribution in [2.45, 2.75) is 13.8 Å². The first kappa shape index (κ1) is 19.8. The molecule has 3 rings (SSSR count). The highest BCUT2D eigenvalue weighted by Crippen LogP contribution is 2.22. The van der Waals surface area contributed by atoms with Gasteiger partial charge in [0.2, 0.25) is 0 Å². The number of carbonyl (C=O) groups is 1. The predicted molar refractivity (Wildman–Crippen MR) is 115 cm³/mol. The second-order valence-corrected chi connectivity index (χ2v) is 6.69. The van der Waals surface area contributed by atoms with Crippen LogP contribution in [0.2, 0.25) is 0 Å². The summed E-state index contributed by atoms with van der Waals surface area (Å²) in [5.41, 5.74) is 10.2. The van der Waals surface area contributed by atoms with Crippen molar-refractivity contribution in [1.82, 2.24) is 4.57 Å². The Hall–Kier alpha value is -4.00. The van der Waals surface area contributed by atoms with Crippen LogP contribution in [-0.2, 0) is 0 Å². The van der Waals surface area contributed by atoms with Gasteiger partial charge in [0.25, 0.3) is 5.91 Å². The third-order valence-electron chi connectivity index (χ3n) is 4.72. The maximum Gasteiger partial charge on any atom is 0.256 e. The maximum atomic E-state index is 12.9. The number of hydrogen-bond donors (Lipinski definition) is 5. The molecule has 1 aromatic heterocycles. The Morgan fingerprint density at radius 1 is 1.14 bits per heavy atom. The van der Waals surface area contributed by atoms with E-state index in [0.717, 1.165) is 11.9 Å². The Labute approximate surface area is 168 Å². The van der Waals surface area contributed by atoms with Crippen LogP contribution in [0.4, 0.5) is 11.4 Å². The molecule has 7 heteroatoms. The lowest BCUT2D eigenvalue weighted by Gasteiger charge is -2.14. The number of carbonyl (C=O) groups excluding carboxylic acids is 1. The maximum absolute atomic E-state index is 12.9. The summed E-state index contributed by atoms with van der Waals surface area (Å²) in [6, 6.07) is 14.3. The van der Waals surface area contributed by atoms with Crippen LogP contribution in [0.5, 0.6) is 0 Å². The molecule has 0 saturated carbocycles. The number of anilines is 2. The molecule has 0 aliphatic heterocycles. The number of nitrogens with one attached hydrogen (secondary N) is 4. The zero-order valence-corrected chi connectivity index (χ0v) is 16.2. The van der Waals surface area contributed by atoms with Gasteiger partial charge in [0, 0.05) is 34.3 Å². The van der Waals surface area contributed by atoms with Gasteiger partial charge in [-0.15, -0.1) is 0 Å². The summed E-state index contributed by atoms with van der Waals surface area (Å²) in [4.78, 5) is 12.9. The molecule has 0 radical (unpaired) electrons. The number of nitrogens with two attached hydrogens (primary N) is 1. The Bertz CT molecular complexity index is 1180. The lowest BCUT2D eigenvalue weighted by molar-refractivity contribution is 0.102. The molecule has 0 aliphatic rings. The zero-order valence-electron chi connectivity index (χ0n) is 16.2. The second-order valence-electron chi connectivity index (χ2n) is 6.69. The summed E-state index contributed by atoms with van der Waals surface area (Å²) in [5, 5.41) is 26.8. The van der Waals surface area contributed by atoms with E-state index in [9.17, 15) is 4.79 Å². The van der Waals surface area contributed by atoms with Crippen LogP contribution in [0.15, 0.2) is 54.7 Å². The number of hydrogen-bond acceptors (Lipinski definition) is 5. The average molecular weight is 386 g/mol. The van der Waals surface area contributed by atoms with Gasteiger partial charge in [-0.3, -0.25) is 25.6 Å². The highest BCUT2D eigenvalue weighted by Gasteiger charge is 2.16. The summed E-state index contributed by atoms with van der Waals surface area (Å²) >= 11 is 0. The lowest BCUT2D eigenvalue weighted by Crippen LogP contribution is -2.27. The van der Waals surface area contributed by atoms with Crippen molar-refractivity contribution < 1.29 is 4.79 Å². The van der Waals surface area contributed by atoms with Crippen LogP contribution in [0.3, 0.4) is 0 Å². The van der Waals surface area contributed by atoms with Crippen LogP contribution in [0.25, 0.3) is 0 Å². The van der Waals surface area contributed by atoms with E-state index in [1.165, 1.54) is 4.57 Å². The van der Waals surface area contributed by atoms with Gasteiger partial charge in [-0.25, -0.2) is 0 Å². The van der Waals surface area contributed by atoms with E-state index in [0.29, 0.717) is 33.6 Å². The Balaban J connectivity index is 1.95. The molecule has 0 aliphatic carbocycles. The molecule has 0 atom stereocenters. The normalized spacial score (nSPS) is 10.4. The van der Waals surface area contributed by atoms with Crippen LogP contribution in [0.1, 0.15) is 32.6 Å². The summed E-state index contributed by atoms with van der Waals surface area (Å²) in [5.74, 6) is -0.354. The van der Waals surface area contributed by atoms with E-state index in [1.807, 2.05) is 30.3 Å². The van der Waals surface area contributed by atoms with Gasteiger partial charge in [0.05, 0.1) is 17.6 Å². The molecule has 7 nitrogen and oxygen atoms in total. The lowest BCUT2D eigenvalue weighted by atomic mass is 10.00. The molecule has 1 heterocycles. The Morgan fingerprint density at radius 3 is 2.48 bits per heavy atom. The molecule has 2 aromatic carbocycles. The number of aryl methyl sites for hydroxylation is 1. The fraction of sp³-hybridized carbons (Fsp3) is 0.0909. The quantitative estimate of drug-likeness (QED) is 0.262. The highest BCUT2D eigenvalue weighted by molar-refractivity contribution is 6.15. The number of aromatic nitrogens is 1. The summed E-state index contributed by atoms with van der Waals surface area (Å²) in [6.45, 7) is 3.45. The zero-order chi connectivity index (χ0) is 21.1. The van der Waals surface area contributed by atoms with Gasteiger partial charge < -0.3 is 11.1 Å². The monoisotopic (exact) mass is 386 g/mol. The second kappa shape index (κ2) is 7.93. The third-order valence-corrected chi connectivity index (χ3v) is 4.72. The van der Waals surface area contributed by atoms with Crippen molar-refractivity contribution >= 4 is 29.3 Å². The fourth-order valence-corrected chi connectivity index (χ4v) is 3.20. The minimum atomic E-state index is -0.354. The van der Waals surface area contributed by atoms with E-state index in [4.69, 9.17) is 22.0 Å². The number of pyridine rings is 1. The number of nitrogen functional groups attached to an aromatic ring is 1. The van der Waals surface area contributed by atoms with Crippen molar-refractivity contribution in [1.29, 1.82) is 16.2 Å². The number of rotatable bonds is 5. The third kappa shape index (κ3) is 3.84. The molecule has 0 spiro atoms. The summed E-state index contributed by atoms with van der Waals surface area (Å²) < 4.78 is 1.35. The van der Waals surface area contributed by atoms with Crippen molar-refractivity contribution in [2.24, 2.45) is 0 Å². The van der Waals surface area contributed by atoms with Gasteiger partial charge in [0.1, 0.15) is 5.49 Å². The van der Waals surface area contributed by atoms with Crippen LogP contribution >= 0.6 is 0 Å². The number of nitrogens with zero attached hydrogens (tertiary/aromatic N) is 1. The van der Waals surface area contributed by atoms with Crippen molar-refractivity contribution in [2.75, 3.05) is 11.1 Å². The first-order valence-electron chi connectivity index (χ1n) is 8.96. The van der Waals surface area contributed by atoms with E-state index in [2.05, 4.69) is 5.32 Å². The molecular weight excluding hydrogens is 364 g/mol. The van der Waals surface area contributed by atoms with Crippen LogP contribution in [-0.4, -0.2) is 22.5 Å². The Kier molecular flexibility index (Phi) is 5.40. The number of amides is 1. The first-order chi connectivity index (χ1) is 13.8. The molecule has 3 aromatic rings. The van der Waals surface area contributed by atoms with Crippen molar-refractivity contribution in [3.63, 3.8) is 0 Å². The number of benzene rings is 2. The molecule has 6 N–H and O–H groups in total. The topological polar surface area (TPSA) is 132 Å². The van der Waals surface area contributed by atoms with Gasteiger partial charge in [-0.1, -0.05) is 30.3 Å². The smallest absolute Gasteiger partial charge is 0.256 e. The van der Waals surface area contributed by atoms with Gasteiger partial charge in [-0.2, -0.15) is 0 Å². The van der Waals surface area contributed by atoms with Gasteiger partial charge in [-0.05, 0) is 37.6 Å². The average Bonchev–Trinajstić information content (AvgIpc) is 2.72. The highest BCUT2D eigenvalue weighted by atomic mass is 16.1. The molecule has 0 bridgehead atoms. The van der Waals surface area contributed by atoms with E-state index in [1.54, 1.807) is 38.2 Å². The minimum absolute atomic E-state index is 0.0830. The Morgan fingerprint density at radius 2 is 1.83 bits per heavy atom. The summed E-state index contributed by atoms with van der Waals surface area (Å²) in [6.07, 6.45) is 2.61. The van der Waals surface area contributed by atoms with Crippen LogP contribution < -0.4 is 16.5 Å². The molecule has 29 heavy (non-hydrogen) atoms. The molecular formula is C22H22N6O. The van der Waals surface area contributed by atoms with E-state index in [-0.39, 0.29) is 17.1 Å². The van der Waals surface area contributed by atoms with Crippen LogP contribution in [0, 0.1) is 30.1 Å². The SMILES string of the molecule is Cc1cn(C=N)c(=N)c(C)c1C(=O)Nc1ccc(N)c(C(=N)c2ccccc2)c1. The largest absolute Gasteiger partial charge is 0.398 e. The van der Waals surface area contributed by atoms with Gasteiger partial charge >= 0.3 is 0 Å². The summed E-state index contributed by atoms with van der Waals surface area (Å²) in [7, 11) is 0. The molecule has 146 valence electrons. The fourth-order valence-electron chi connectivity index (χ4n) is 3.20. The standard InChI is InChI=1S/C22H22N6O/c1-13-11-28(12-23)21(26)14(2)19(13)22(29)27-16-8-9-18(24)17(10-16)20(25)15-6-4-3-5-7-15/h3-12,23,25-26H,24H2,1-2H3,(H,27,29). The van der Waals surface area contributed by atoms with Crippen molar-refractivity contribution in [3.05, 3.63) is 88.0 Å². The molecule has 0 saturated heterocycles. The van der Waals surface area contributed by atoms with E-state index >= 15 is 0 Å². The molecule has 1 amide bonds. The molecule has 0 unspecified atom stereocenters. The molecule has 0 fully saturated rings.